The number of unbranched alkanes of at least 4 members (excludes halogenated alkanes) is 14. The van der Waals surface area contributed by atoms with Crippen LogP contribution in [0.15, 0.2) is 0 Å². The van der Waals surface area contributed by atoms with Crippen LogP contribution in [-0.2, 0) is 23.1 Å². The van der Waals surface area contributed by atoms with Crippen LogP contribution < -0.4 is 0 Å². The Balaban J connectivity index is 2.06. The Kier molecular flexibility index (Phi) is 19.7. The molecule has 6 atom stereocenters. The van der Waals surface area contributed by atoms with E-state index in [2.05, 4.69) is 16.0 Å². The predicted molar refractivity (Wildman–Crippen MR) is 147 cm³/mol. The van der Waals surface area contributed by atoms with E-state index in [0.29, 0.717) is 6.42 Å². The monoisotopic (exact) mass is 600 g/mol. The van der Waals surface area contributed by atoms with Gasteiger partial charge in [0.15, 0.2) is 0 Å². The van der Waals surface area contributed by atoms with Gasteiger partial charge in [0.25, 0.3) is 0 Å². The minimum atomic E-state index is -4.98. The Hall–Kier alpha value is -0.660. The first-order valence-electron chi connectivity index (χ1n) is 14.9. The van der Waals surface area contributed by atoms with E-state index in [9.17, 15) is 44.9 Å². The molecule has 0 aromatic carbocycles. The van der Waals surface area contributed by atoms with E-state index < -0.39 is 69.7 Å². The first-order valence-corrected chi connectivity index (χ1v) is 16.4. The number of carbonyl (C=O) groups excluding carboxylic acids is 1. The van der Waals surface area contributed by atoms with Crippen LogP contribution in [0.1, 0.15) is 110 Å². The summed E-state index contributed by atoms with van der Waals surface area (Å²) in [5.41, 5.74) is 0. The van der Waals surface area contributed by atoms with Gasteiger partial charge in [-0.1, -0.05) is 96.8 Å². The fraction of sp³-hybridized carbons (Fsp3) is 0.963. The summed E-state index contributed by atoms with van der Waals surface area (Å²) in [7, 11) is -4.98. The number of ether oxygens (including phenoxy) is 1. The van der Waals surface area contributed by atoms with Gasteiger partial charge in [0.1, 0.15) is 49.3 Å². The molecule has 0 aromatic rings. The summed E-state index contributed by atoms with van der Waals surface area (Å²) < 4.78 is 26.3. The summed E-state index contributed by atoms with van der Waals surface area (Å²) in [5.74, 6) is -0.507. The van der Waals surface area contributed by atoms with Crippen LogP contribution in [0.3, 0.4) is 0 Å². The zero-order valence-corrected chi connectivity index (χ0v) is 24.8. The number of hydrogen-bond acceptors (Lipinski definition) is 11. The van der Waals surface area contributed by atoms with Crippen molar-refractivity contribution in [2.24, 2.45) is 0 Å². The lowest BCUT2D eigenvalue weighted by Crippen LogP contribution is -2.64. The second-order valence-electron chi connectivity index (χ2n) is 10.8. The lowest BCUT2D eigenvalue weighted by Gasteiger charge is -2.41. The highest BCUT2D eigenvalue weighted by Gasteiger charge is 2.51. The number of aliphatic hydroxyl groups excluding tert-OH is 6. The lowest BCUT2D eigenvalue weighted by atomic mass is 9.85. The van der Waals surface area contributed by atoms with Gasteiger partial charge >= 0.3 is 13.8 Å². The van der Waals surface area contributed by atoms with Crippen LogP contribution >= 0.6 is 7.82 Å². The number of rotatable bonds is 23. The SMILES string of the molecule is CCCCCCCCCCCCCCCCCC(=O)OC[C@@H](O)COP(=O)(O)OC1C(O)C(O)C(O)C(O)C1O. The van der Waals surface area contributed by atoms with Crippen molar-refractivity contribution in [1.29, 1.82) is 0 Å². The highest BCUT2D eigenvalue weighted by Crippen LogP contribution is 2.47. The van der Waals surface area contributed by atoms with Gasteiger partial charge in [-0.2, -0.15) is 0 Å². The van der Waals surface area contributed by atoms with Gasteiger partial charge in [0.2, 0.25) is 0 Å². The molecule has 0 amide bonds. The summed E-state index contributed by atoms with van der Waals surface area (Å²) >= 11 is 0. The Morgan fingerprint density at radius 3 is 1.52 bits per heavy atom. The Morgan fingerprint density at radius 2 is 1.07 bits per heavy atom. The standard InChI is InChI=1S/C27H53O12P/c1-2-3-4-5-6-7-8-9-10-11-12-13-14-15-16-17-21(29)37-18-20(28)19-38-40(35,36)39-27-25(33)23(31)22(30)24(32)26(27)34/h20,22-28,30-34H,2-19H2,1H3,(H,35,36)/t20-,22?,23?,24?,25?,26?,27?/m1/s1. The van der Waals surface area contributed by atoms with Crippen molar-refractivity contribution in [2.45, 2.75) is 152 Å². The summed E-state index contributed by atoms with van der Waals surface area (Å²) in [5, 5.41) is 58.5. The minimum Gasteiger partial charge on any atom is -0.463 e. The number of aliphatic hydroxyl groups is 6. The third kappa shape index (κ3) is 15.5. The van der Waals surface area contributed by atoms with E-state index in [1.54, 1.807) is 0 Å². The molecule has 5 unspecified atom stereocenters. The molecule has 0 spiro atoms. The second kappa shape index (κ2) is 21.1. The third-order valence-corrected chi connectivity index (χ3v) is 8.16. The van der Waals surface area contributed by atoms with Gasteiger partial charge in [-0.05, 0) is 6.42 Å². The average Bonchev–Trinajstić information content (AvgIpc) is 2.93. The number of esters is 1. The molecule has 0 aliphatic heterocycles. The molecule has 1 saturated carbocycles. The van der Waals surface area contributed by atoms with E-state index in [0.717, 1.165) is 19.3 Å². The molecular weight excluding hydrogens is 547 g/mol. The normalized spacial score (nSPS) is 27.3. The largest absolute Gasteiger partial charge is 0.472 e. The van der Waals surface area contributed by atoms with Gasteiger partial charge in [0.05, 0.1) is 6.61 Å². The topological polar surface area (TPSA) is 203 Å². The van der Waals surface area contributed by atoms with Crippen LogP contribution in [0.25, 0.3) is 0 Å². The fourth-order valence-electron chi connectivity index (χ4n) is 4.64. The third-order valence-electron chi connectivity index (χ3n) is 7.18. The molecule has 7 N–H and O–H groups in total. The van der Waals surface area contributed by atoms with E-state index in [1.165, 1.54) is 70.6 Å². The molecule has 13 heteroatoms. The van der Waals surface area contributed by atoms with Crippen molar-refractivity contribution < 1.29 is 58.7 Å². The smallest absolute Gasteiger partial charge is 0.463 e. The van der Waals surface area contributed by atoms with Crippen LogP contribution in [0.4, 0.5) is 0 Å². The van der Waals surface area contributed by atoms with Crippen LogP contribution in [-0.4, -0.2) is 97.4 Å². The van der Waals surface area contributed by atoms with E-state index in [1.807, 2.05) is 0 Å². The minimum absolute atomic E-state index is 0.196. The summed E-state index contributed by atoms with van der Waals surface area (Å²) in [4.78, 5) is 21.7. The molecular formula is C27H53O12P. The maximum atomic E-state index is 12.1. The number of hydrogen-bond donors (Lipinski definition) is 7. The highest BCUT2D eigenvalue weighted by molar-refractivity contribution is 7.47. The van der Waals surface area contributed by atoms with Crippen LogP contribution in [0.2, 0.25) is 0 Å². The van der Waals surface area contributed by atoms with E-state index in [4.69, 9.17) is 4.74 Å². The van der Waals surface area contributed by atoms with Crippen molar-refractivity contribution >= 4 is 13.8 Å². The van der Waals surface area contributed by atoms with Crippen molar-refractivity contribution in [1.82, 2.24) is 0 Å². The molecule has 1 fully saturated rings. The molecule has 1 aliphatic rings. The number of phosphoric ester groups is 1. The maximum Gasteiger partial charge on any atom is 0.472 e. The Morgan fingerprint density at radius 1 is 0.675 bits per heavy atom. The molecule has 1 rings (SSSR count). The van der Waals surface area contributed by atoms with Gasteiger partial charge in [-0.25, -0.2) is 4.57 Å². The first kappa shape index (κ1) is 37.4. The second-order valence-corrected chi connectivity index (χ2v) is 12.2. The molecule has 12 nitrogen and oxygen atoms in total. The van der Waals surface area contributed by atoms with Crippen LogP contribution in [0.5, 0.6) is 0 Å². The summed E-state index contributed by atoms with van der Waals surface area (Å²) in [6.07, 6.45) is 5.23. The maximum absolute atomic E-state index is 12.1. The average molecular weight is 601 g/mol. The zero-order chi connectivity index (χ0) is 30.0. The van der Waals surface area contributed by atoms with Crippen molar-refractivity contribution in [3.63, 3.8) is 0 Å². The van der Waals surface area contributed by atoms with E-state index >= 15 is 0 Å². The quantitative estimate of drug-likeness (QED) is 0.0513. The Bertz CT molecular complexity index is 695. The molecule has 0 radical (unpaired) electrons. The molecule has 0 aromatic heterocycles. The number of carbonyl (C=O) groups is 1. The molecule has 238 valence electrons. The predicted octanol–water partition coefficient (Wildman–Crippen LogP) is 2.47. The lowest BCUT2D eigenvalue weighted by molar-refractivity contribution is -0.220. The molecule has 1 aliphatic carbocycles. The van der Waals surface area contributed by atoms with Crippen molar-refractivity contribution in [3.8, 4) is 0 Å². The van der Waals surface area contributed by atoms with Gasteiger partial charge in [-0.3, -0.25) is 13.8 Å². The molecule has 0 heterocycles. The Labute approximate surface area is 238 Å². The molecule has 0 bridgehead atoms. The van der Waals surface area contributed by atoms with E-state index in [-0.39, 0.29) is 6.42 Å². The van der Waals surface area contributed by atoms with Gasteiger partial charge < -0.3 is 40.3 Å². The van der Waals surface area contributed by atoms with Crippen LogP contribution in [0, 0.1) is 0 Å². The first-order chi connectivity index (χ1) is 19.0. The van der Waals surface area contributed by atoms with Gasteiger partial charge in [0, 0.05) is 6.42 Å². The molecule has 40 heavy (non-hydrogen) atoms. The fourth-order valence-corrected chi connectivity index (χ4v) is 5.61. The molecule has 0 saturated heterocycles. The summed E-state index contributed by atoms with van der Waals surface area (Å²) in [6.45, 7) is 0.989. The number of phosphoric acid groups is 1. The zero-order valence-electron chi connectivity index (χ0n) is 23.9. The summed E-state index contributed by atoms with van der Waals surface area (Å²) in [6, 6.07) is 0. The van der Waals surface area contributed by atoms with Crippen molar-refractivity contribution in [3.05, 3.63) is 0 Å². The highest BCUT2D eigenvalue weighted by atomic mass is 31.2. The van der Waals surface area contributed by atoms with Crippen molar-refractivity contribution in [2.75, 3.05) is 13.2 Å². The van der Waals surface area contributed by atoms with Gasteiger partial charge in [-0.15, -0.1) is 0 Å².